The van der Waals surface area contributed by atoms with E-state index in [-0.39, 0.29) is 10.8 Å². The van der Waals surface area contributed by atoms with Crippen molar-refractivity contribution in [1.82, 2.24) is 14.1 Å². The molecule has 1 N–H and O–H groups in total. The number of aryl methyl sites for hydroxylation is 3. The number of carbonyl (C=O) groups is 1. The second-order valence-corrected chi connectivity index (χ2v) is 11.0. The number of hydrogen-bond donors (Lipinski definition) is 1. The fraction of sp³-hybridized carbons (Fsp3) is 0.346. The molecule has 3 aromatic rings. The average Bonchev–Trinajstić information content (AvgIpc) is 3.37. The van der Waals surface area contributed by atoms with Crippen LogP contribution in [-0.4, -0.2) is 41.5 Å². The van der Waals surface area contributed by atoms with Crippen molar-refractivity contribution in [2.24, 2.45) is 0 Å². The van der Waals surface area contributed by atoms with Crippen LogP contribution in [0.4, 0.5) is 5.69 Å². The number of benzene rings is 2. The topological polar surface area (TPSA) is 101 Å². The lowest BCUT2D eigenvalue weighted by Gasteiger charge is -2.18. The summed E-state index contributed by atoms with van der Waals surface area (Å²) in [7, 11) is -3.62. The molecule has 35 heavy (non-hydrogen) atoms. The molecule has 0 aliphatic carbocycles. The van der Waals surface area contributed by atoms with E-state index in [1.165, 1.54) is 10.4 Å². The SMILES string of the molecule is Cc1ccc(NC(=O)C(C)n2nc(-c3ccc(C)c(S(=O)(=O)N4CCCC4)c3)ccc2=O)c(C)c1. The molecule has 0 spiro atoms. The van der Waals surface area contributed by atoms with Gasteiger partial charge in [0.15, 0.2) is 0 Å². The third-order valence-corrected chi connectivity index (χ3v) is 8.42. The molecule has 0 bridgehead atoms. The molecule has 9 heteroatoms. The summed E-state index contributed by atoms with van der Waals surface area (Å²) in [6.07, 6.45) is 1.71. The first-order valence-electron chi connectivity index (χ1n) is 11.7. The van der Waals surface area contributed by atoms with Gasteiger partial charge >= 0.3 is 0 Å². The maximum atomic E-state index is 13.2. The number of carbonyl (C=O) groups excluding carboxylic acids is 1. The molecular weight excluding hydrogens is 464 g/mol. The van der Waals surface area contributed by atoms with Gasteiger partial charge in [0, 0.05) is 30.4 Å². The van der Waals surface area contributed by atoms with Crippen LogP contribution in [0.5, 0.6) is 0 Å². The van der Waals surface area contributed by atoms with Gasteiger partial charge in [-0.25, -0.2) is 13.1 Å². The van der Waals surface area contributed by atoms with Crippen LogP contribution in [0, 0.1) is 20.8 Å². The summed E-state index contributed by atoms with van der Waals surface area (Å²) in [6, 6.07) is 12.8. The molecule has 1 amide bonds. The van der Waals surface area contributed by atoms with Crippen molar-refractivity contribution in [3.05, 3.63) is 75.6 Å². The summed E-state index contributed by atoms with van der Waals surface area (Å²) in [5.41, 5.74) is 3.88. The fourth-order valence-corrected chi connectivity index (χ4v) is 6.03. The zero-order valence-corrected chi connectivity index (χ0v) is 21.2. The fourth-order valence-electron chi connectivity index (χ4n) is 4.26. The van der Waals surface area contributed by atoms with Gasteiger partial charge in [0.2, 0.25) is 15.9 Å². The molecule has 1 unspecified atom stereocenters. The number of anilines is 1. The molecule has 1 aromatic heterocycles. The molecule has 1 saturated heterocycles. The normalized spacial score (nSPS) is 15.2. The Labute approximate surface area is 205 Å². The summed E-state index contributed by atoms with van der Waals surface area (Å²) in [6.45, 7) is 8.28. The van der Waals surface area contributed by atoms with E-state index in [4.69, 9.17) is 0 Å². The molecule has 4 rings (SSSR count). The first-order valence-corrected chi connectivity index (χ1v) is 13.1. The summed E-state index contributed by atoms with van der Waals surface area (Å²) in [5.74, 6) is -0.370. The highest BCUT2D eigenvalue weighted by Gasteiger charge is 2.29. The van der Waals surface area contributed by atoms with Gasteiger partial charge in [-0.05, 0) is 69.9 Å². The number of nitrogens with zero attached hydrogens (tertiary/aromatic N) is 3. The predicted octanol–water partition coefficient (Wildman–Crippen LogP) is 3.82. The highest BCUT2D eigenvalue weighted by atomic mass is 32.2. The van der Waals surface area contributed by atoms with Crippen molar-refractivity contribution in [1.29, 1.82) is 0 Å². The molecule has 1 atom stereocenters. The van der Waals surface area contributed by atoms with Crippen LogP contribution in [0.25, 0.3) is 11.3 Å². The van der Waals surface area contributed by atoms with Gasteiger partial charge in [-0.15, -0.1) is 0 Å². The largest absolute Gasteiger partial charge is 0.324 e. The van der Waals surface area contributed by atoms with Gasteiger partial charge in [-0.1, -0.05) is 29.8 Å². The van der Waals surface area contributed by atoms with E-state index >= 15 is 0 Å². The van der Waals surface area contributed by atoms with Crippen LogP contribution in [0.1, 0.15) is 42.5 Å². The quantitative estimate of drug-likeness (QED) is 0.561. The standard InChI is InChI=1S/C26H30N4O4S/c1-17-7-10-22(19(3)15-17)27-26(32)20(4)30-25(31)12-11-23(28-30)21-9-8-18(2)24(16-21)35(33,34)29-13-5-6-14-29/h7-12,15-16,20H,5-6,13-14H2,1-4H3,(H,27,32). The van der Waals surface area contributed by atoms with Crippen LogP contribution >= 0.6 is 0 Å². The number of aromatic nitrogens is 2. The van der Waals surface area contributed by atoms with Gasteiger partial charge in [0.05, 0.1) is 10.6 Å². The summed E-state index contributed by atoms with van der Waals surface area (Å²) < 4.78 is 29.0. The zero-order chi connectivity index (χ0) is 25.3. The lowest BCUT2D eigenvalue weighted by molar-refractivity contribution is -0.119. The van der Waals surface area contributed by atoms with E-state index < -0.39 is 21.6 Å². The van der Waals surface area contributed by atoms with Crippen molar-refractivity contribution in [3.8, 4) is 11.3 Å². The van der Waals surface area contributed by atoms with Gasteiger partial charge in [0.25, 0.3) is 5.56 Å². The van der Waals surface area contributed by atoms with Gasteiger partial charge in [-0.3, -0.25) is 9.59 Å². The number of amides is 1. The number of nitrogens with one attached hydrogen (secondary N) is 1. The lowest BCUT2D eigenvalue weighted by atomic mass is 10.1. The van der Waals surface area contributed by atoms with Crippen LogP contribution < -0.4 is 10.9 Å². The number of hydrogen-bond acceptors (Lipinski definition) is 5. The number of rotatable bonds is 6. The zero-order valence-electron chi connectivity index (χ0n) is 20.4. The second kappa shape index (κ2) is 9.75. The predicted molar refractivity (Wildman–Crippen MR) is 136 cm³/mol. The lowest BCUT2D eigenvalue weighted by Crippen LogP contribution is -2.33. The Morgan fingerprint density at radius 3 is 2.37 bits per heavy atom. The molecule has 2 aromatic carbocycles. The Bertz CT molecular complexity index is 1440. The molecule has 0 radical (unpaired) electrons. The summed E-state index contributed by atoms with van der Waals surface area (Å²) in [5, 5.41) is 7.29. The van der Waals surface area contributed by atoms with E-state index in [0.29, 0.717) is 35.6 Å². The third kappa shape index (κ3) is 5.06. The molecule has 8 nitrogen and oxygen atoms in total. The van der Waals surface area contributed by atoms with Crippen molar-refractivity contribution in [2.75, 3.05) is 18.4 Å². The van der Waals surface area contributed by atoms with Crippen LogP contribution in [0.2, 0.25) is 0 Å². The molecule has 1 aliphatic heterocycles. The van der Waals surface area contributed by atoms with E-state index in [9.17, 15) is 18.0 Å². The van der Waals surface area contributed by atoms with Crippen LogP contribution in [-0.2, 0) is 14.8 Å². The maximum Gasteiger partial charge on any atom is 0.267 e. The van der Waals surface area contributed by atoms with E-state index in [1.807, 2.05) is 32.0 Å². The minimum Gasteiger partial charge on any atom is -0.324 e. The van der Waals surface area contributed by atoms with Crippen molar-refractivity contribution in [3.63, 3.8) is 0 Å². The average molecular weight is 495 g/mol. The Kier molecular flexibility index (Phi) is 6.91. The Morgan fingerprint density at radius 2 is 1.69 bits per heavy atom. The van der Waals surface area contributed by atoms with Crippen molar-refractivity contribution >= 4 is 21.6 Å². The summed E-state index contributed by atoms with van der Waals surface area (Å²) >= 11 is 0. The third-order valence-electron chi connectivity index (χ3n) is 6.38. The smallest absolute Gasteiger partial charge is 0.267 e. The Balaban J connectivity index is 1.65. The number of sulfonamides is 1. The van der Waals surface area contributed by atoms with E-state index in [1.54, 1.807) is 38.1 Å². The monoisotopic (exact) mass is 494 g/mol. The van der Waals surface area contributed by atoms with Crippen molar-refractivity contribution < 1.29 is 13.2 Å². The van der Waals surface area contributed by atoms with E-state index in [2.05, 4.69) is 10.4 Å². The van der Waals surface area contributed by atoms with Crippen LogP contribution in [0.15, 0.2) is 58.2 Å². The molecular formula is C26H30N4O4S. The molecule has 184 valence electrons. The van der Waals surface area contributed by atoms with Gasteiger partial charge in [-0.2, -0.15) is 9.40 Å². The summed E-state index contributed by atoms with van der Waals surface area (Å²) in [4.78, 5) is 25.7. The Hall–Kier alpha value is -3.30. The highest BCUT2D eigenvalue weighted by Crippen LogP contribution is 2.28. The molecule has 2 heterocycles. The molecule has 1 fully saturated rings. The highest BCUT2D eigenvalue weighted by molar-refractivity contribution is 7.89. The minimum atomic E-state index is -3.62. The maximum absolute atomic E-state index is 13.2. The Morgan fingerprint density at radius 1 is 0.971 bits per heavy atom. The first kappa shape index (κ1) is 24.8. The molecule has 1 aliphatic rings. The van der Waals surface area contributed by atoms with Crippen molar-refractivity contribution in [2.45, 2.75) is 51.5 Å². The second-order valence-electron chi connectivity index (χ2n) is 9.08. The van der Waals surface area contributed by atoms with Crippen LogP contribution in [0.3, 0.4) is 0 Å². The van der Waals surface area contributed by atoms with E-state index in [0.717, 1.165) is 28.7 Å². The van der Waals surface area contributed by atoms with Gasteiger partial charge < -0.3 is 5.32 Å². The molecule has 0 saturated carbocycles. The first-order chi connectivity index (χ1) is 16.6. The minimum absolute atomic E-state index is 0.233. The van der Waals surface area contributed by atoms with Gasteiger partial charge in [0.1, 0.15) is 6.04 Å².